The molecule has 13 nitrogen and oxygen atoms in total. The van der Waals surface area contributed by atoms with Gasteiger partial charge in [-0.25, -0.2) is 4.79 Å². The van der Waals surface area contributed by atoms with Gasteiger partial charge in [-0.15, -0.1) is 0 Å². The lowest BCUT2D eigenvalue weighted by atomic mass is 9.45. The van der Waals surface area contributed by atoms with Gasteiger partial charge in [0.05, 0.1) is 40.6 Å². The smallest absolute Gasteiger partial charge is 0.338 e. The average Bonchev–Trinajstić information content (AvgIpc) is 3.18. The van der Waals surface area contributed by atoms with Gasteiger partial charge in [0.25, 0.3) is 0 Å². The number of hydrogen-bond acceptors (Lipinski definition) is 13. The van der Waals surface area contributed by atoms with Crippen molar-refractivity contribution in [3.8, 4) is 0 Å². The summed E-state index contributed by atoms with van der Waals surface area (Å²) in [4.78, 5) is 66.1. The van der Waals surface area contributed by atoms with E-state index in [-0.39, 0.29) is 5.56 Å². The Kier molecular flexibility index (Phi) is 10.4. The molecule has 1 heterocycles. The van der Waals surface area contributed by atoms with Crippen molar-refractivity contribution in [2.45, 2.75) is 122 Å². The monoisotopic (exact) mass is 676 g/mol. The van der Waals surface area contributed by atoms with Crippen LogP contribution in [-0.2, 0) is 47.6 Å². The van der Waals surface area contributed by atoms with E-state index in [1.54, 1.807) is 59.7 Å². The molecule has 0 aromatic heterocycles. The molecule has 1 aliphatic heterocycles. The summed E-state index contributed by atoms with van der Waals surface area (Å²) in [6, 6.07) is 7.92. The van der Waals surface area contributed by atoms with E-state index in [9.17, 15) is 34.2 Å². The van der Waals surface area contributed by atoms with E-state index in [1.807, 2.05) is 0 Å². The highest BCUT2D eigenvalue weighted by Gasteiger charge is 2.88. The Bertz CT molecular complexity index is 1400. The van der Waals surface area contributed by atoms with Crippen molar-refractivity contribution in [1.29, 1.82) is 0 Å². The third kappa shape index (κ3) is 6.09. The molecule has 1 aromatic rings. The summed E-state index contributed by atoms with van der Waals surface area (Å²) in [5.74, 6) is -6.34. The topological polar surface area (TPSA) is 181 Å². The van der Waals surface area contributed by atoms with Crippen molar-refractivity contribution in [3.05, 3.63) is 35.9 Å². The van der Waals surface area contributed by atoms with Crippen LogP contribution in [0.2, 0.25) is 0 Å². The van der Waals surface area contributed by atoms with Crippen LogP contribution < -0.4 is 0 Å². The maximum atomic E-state index is 14.0. The first kappa shape index (κ1) is 37.3. The zero-order valence-corrected chi connectivity index (χ0v) is 29.0. The van der Waals surface area contributed by atoms with E-state index >= 15 is 0 Å². The molecule has 1 aromatic carbocycles. The molecule has 10 atom stereocenters. The number of carbonyl (C=O) groups excluding carboxylic acids is 5. The molecule has 2 saturated carbocycles. The SMILES string of the molecule is CCC(C)C(=O)OCC12C(OC(C)=O)C(OC(C)=O)CC(C)(O)C13OC(C)(C)C(C(OC(=O)C(C)C)C2OC(=O)c1ccccc1)C3O. The highest BCUT2D eigenvalue weighted by Crippen LogP contribution is 2.69. The Balaban J connectivity index is 2.13. The number of hydrogen-bond donors (Lipinski definition) is 2. The van der Waals surface area contributed by atoms with Crippen molar-refractivity contribution in [2.75, 3.05) is 6.61 Å². The first-order valence-electron chi connectivity index (χ1n) is 16.4. The molecule has 2 N–H and O–H groups in total. The van der Waals surface area contributed by atoms with Gasteiger partial charge in [-0.3, -0.25) is 19.2 Å². The summed E-state index contributed by atoms with van der Waals surface area (Å²) in [5.41, 5.74) is -7.86. The molecule has 1 spiro atoms. The van der Waals surface area contributed by atoms with Crippen molar-refractivity contribution in [2.24, 2.45) is 23.2 Å². The zero-order valence-electron chi connectivity index (χ0n) is 29.0. The fourth-order valence-electron chi connectivity index (χ4n) is 7.88. The van der Waals surface area contributed by atoms with Crippen LogP contribution >= 0.6 is 0 Å². The van der Waals surface area contributed by atoms with Gasteiger partial charge in [-0.1, -0.05) is 45.9 Å². The molecule has 3 fully saturated rings. The first-order chi connectivity index (χ1) is 22.3. The van der Waals surface area contributed by atoms with Gasteiger partial charge < -0.3 is 38.6 Å². The number of aliphatic hydroxyl groups excluding tert-OH is 1. The van der Waals surface area contributed by atoms with E-state index in [1.165, 1.54) is 19.1 Å². The first-order valence-corrected chi connectivity index (χ1v) is 16.4. The van der Waals surface area contributed by atoms with Gasteiger partial charge in [0.15, 0.2) is 12.2 Å². The van der Waals surface area contributed by atoms with Gasteiger partial charge in [0.1, 0.15) is 29.8 Å². The second-order valence-electron chi connectivity index (χ2n) is 14.3. The van der Waals surface area contributed by atoms with Crippen LogP contribution in [0.5, 0.6) is 0 Å². The standard InChI is InChI=1S/C35H48O13/c1-10-19(4)30(40)43-17-34-27(45-21(6)37)23(44-20(5)36)16-33(9,42)35(34)26(38)24(32(7,8)48-35)25(46-29(39)18(2)3)28(34)47-31(41)22-14-12-11-13-15-22/h11-15,18-19,23-28,38,42H,10,16-17H2,1-9H3. The fourth-order valence-corrected chi connectivity index (χ4v) is 7.88. The minimum Gasteiger partial charge on any atom is -0.464 e. The Morgan fingerprint density at radius 1 is 0.896 bits per heavy atom. The fraction of sp³-hybridized carbons (Fsp3) is 0.686. The Labute approximate surface area is 280 Å². The van der Waals surface area contributed by atoms with Crippen LogP contribution in [0, 0.1) is 23.2 Å². The van der Waals surface area contributed by atoms with Crippen molar-refractivity contribution < 1.29 is 62.6 Å². The molecule has 0 radical (unpaired) electrons. The number of benzene rings is 1. The highest BCUT2D eigenvalue weighted by molar-refractivity contribution is 5.89. The number of carbonyl (C=O) groups is 5. The third-order valence-corrected chi connectivity index (χ3v) is 10.1. The van der Waals surface area contributed by atoms with Gasteiger partial charge in [0.2, 0.25) is 0 Å². The normalized spacial score (nSPS) is 35.5. The molecule has 1 saturated heterocycles. The summed E-state index contributed by atoms with van der Waals surface area (Å²) < 4.78 is 36.7. The zero-order chi connectivity index (χ0) is 36.0. The third-order valence-electron chi connectivity index (χ3n) is 10.1. The minimum atomic E-state index is -2.24. The van der Waals surface area contributed by atoms with Crippen LogP contribution in [0.15, 0.2) is 30.3 Å². The summed E-state index contributed by atoms with van der Waals surface area (Å²) in [6.07, 6.45) is -7.98. The molecule has 4 rings (SSSR count). The number of ether oxygens (including phenoxy) is 6. The summed E-state index contributed by atoms with van der Waals surface area (Å²) in [6.45, 7) is 12.7. The van der Waals surface area contributed by atoms with E-state index in [2.05, 4.69) is 0 Å². The van der Waals surface area contributed by atoms with Crippen molar-refractivity contribution in [3.63, 3.8) is 0 Å². The predicted octanol–water partition coefficient (Wildman–Crippen LogP) is 2.91. The quantitative estimate of drug-likeness (QED) is 0.273. The van der Waals surface area contributed by atoms with Crippen molar-refractivity contribution in [1.82, 2.24) is 0 Å². The highest BCUT2D eigenvalue weighted by atomic mass is 16.6. The lowest BCUT2D eigenvalue weighted by Crippen LogP contribution is -2.85. The van der Waals surface area contributed by atoms with E-state index < -0.39 is 113 Å². The largest absolute Gasteiger partial charge is 0.464 e. The number of rotatable bonds is 10. The molecule has 10 unspecified atom stereocenters. The summed E-state index contributed by atoms with van der Waals surface area (Å²) in [7, 11) is 0. The minimum absolute atomic E-state index is 0.106. The van der Waals surface area contributed by atoms with Crippen LogP contribution in [0.4, 0.5) is 0 Å². The number of fused-ring (bicyclic) bond motifs is 1. The van der Waals surface area contributed by atoms with Gasteiger partial charge in [-0.05, 0) is 39.3 Å². The van der Waals surface area contributed by atoms with Gasteiger partial charge >= 0.3 is 29.8 Å². The van der Waals surface area contributed by atoms with E-state index in [0.29, 0.717) is 6.42 Å². The molecule has 0 amide bonds. The van der Waals surface area contributed by atoms with Crippen LogP contribution in [0.1, 0.15) is 85.5 Å². The van der Waals surface area contributed by atoms with E-state index in [0.717, 1.165) is 13.8 Å². The maximum absolute atomic E-state index is 14.0. The molecule has 3 aliphatic rings. The predicted molar refractivity (Wildman–Crippen MR) is 167 cm³/mol. The molecular formula is C35H48O13. The maximum Gasteiger partial charge on any atom is 0.338 e. The lowest BCUT2D eigenvalue weighted by molar-refractivity contribution is -0.363. The molecular weight excluding hydrogens is 628 g/mol. The Hall–Kier alpha value is -3.55. The summed E-state index contributed by atoms with van der Waals surface area (Å²) in [5, 5.41) is 24.9. The molecule has 48 heavy (non-hydrogen) atoms. The molecule has 2 bridgehead atoms. The van der Waals surface area contributed by atoms with Gasteiger partial charge in [-0.2, -0.15) is 0 Å². The van der Waals surface area contributed by atoms with Gasteiger partial charge in [0, 0.05) is 20.3 Å². The summed E-state index contributed by atoms with van der Waals surface area (Å²) >= 11 is 0. The Morgan fingerprint density at radius 2 is 1.50 bits per heavy atom. The van der Waals surface area contributed by atoms with E-state index in [4.69, 9.17) is 28.4 Å². The van der Waals surface area contributed by atoms with Crippen molar-refractivity contribution >= 4 is 29.8 Å². The lowest BCUT2D eigenvalue weighted by Gasteiger charge is -2.66. The second-order valence-corrected chi connectivity index (χ2v) is 14.3. The van der Waals surface area contributed by atoms with Crippen LogP contribution in [-0.4, -0.2) is 94.0 Å². The average molecular weight is 677 g/mol. The number of aliphatic hydroxyl groups is 2. The molecule has 2 aliphatic carbocycles. The molecule has 266 valence electrons. The second kappa shape index (κ2) is 13.4. The molecule has 13 heteroatoms. The number of esters is 5. The van der Waals surface area contributed by atoms with Crippen LogP contribution in [0.25, 0.3) is 0 Å². The Morgan fingerprint density at radius 3 is 2.04 bits per heavy atom. The van der Waals surface area contributed by atoms with Crippen LogP contribution in [0.3, 0.4) is 0 Å².